The summed E-state index contributed by atoms with van der Waals surface area (Å²) in [6.45, 7) is 1.84. The first-order valence-corrected chi connectivity index (χ1v) is 7.78. The normalized spacial score (nSPS) is 9.76. The number of nitriles is 1. The SMILES string of the molecule is CCOc1ccccc1C(=O)OCC(=O)Nc1ccc(CC#N)cc1. The van der Waals surface area contributed by atoms with Gasteiger partial charge in [-0.15, -0.1) is 0 Å². The van der Waals surface area contributed by atoms with Crippen molar-refractivity contribution in [1.29, 1.82) is 5.26 Å². The largest absolute Gasteiger partial charge is 0.493 e. The van der Waals surface area contributed by atoms with Crippen LogP contribution < -0.4 is 10.1 Å². The summed E-state index contributed by atoms with van der Waals surface area (Å²) >= 11 is 0. The van der Waals surface area contributed by atoms with Crippen LogP contribution in [0.5, 0.6) is 5.75 Å². The Morgan fingerprint density at radius 2 is 1.84 bits per heavy atom. The maximum atomic E-state index is 12.1. The van der Waals surface area contributed by atoms with E-state index in [1.54, 1.807) is 48.5 Å². The van der Waals surface area contributed by atoms with Gasteiger partial charge in [0.05, 0.1) is 19.1 Å². The molecule has 2 rings (SSSR count). The zero-order valence-electron chi connectivity index (χ0n) is 13.8. The third-order valence-corrected chi connectivity index (χ3v) is 3.26. The van der Waals surface area contributed by atoms with Gasteiger partial charge in [-0.3, -0.25) is 4.79 Å². The van der Waals surface area contributed by atoms with E-state index in [4.69, 9.17) is 14.7 Å². The highest BCUT2D eigenvalue weighted by atomic mass is 16.5. The molecule has 0 fully saturated rings. The smallest absolute Gasteiger partial charge is 0.342 e. The maximum Gasteiger partial charge on any atom is 0.342 e. The molecular weight excluding hydrogens is 320 g/mol. The van der Waals surface area contributed by atoms with E-state index in [0.717, 1.165) is 5.56 Å². The number of hydrogen-bond donors (Lipinski definition) is 1. The molecule has 0 saturated carbocycles. The number of benzene rings is 2. The number of carbonyl (C=O) groups is 2. The molecule has 0 spiro atoms. The third kappa shape index (κ3) is 5.36. The van der Waals surface area contributed by atoms with E-state index in [2.05, 4.69) is 11.4 Å². The number of para-hydroxylation sites is 1. The molecule has 1 amide bonds. The van der Waals surface area contributed by atoms with Crippen molar-refractivity contribution in [3.8, 4) is 11.8 Å². The van der Waals surface area contributed by atoms with E-state index in [-0.39, 0.29) is 5.56 Å². The van der Waals surface area contributed by atoms with Crippen molar-refractivity contribution in [1.82, 2.24) is 0 Å². The number of esters is 1. The molecule has 0 saturated heterocycles. The predicted molar refractivity (Wildman–Crippen MR) is 92.3 cm³/mol. The first-order valence-electron chi connectivity index (χ1n) is 7.78. The molecule has 6 nitrogen and oxygen atoms in total. The minimum absolute atomic E-state index is 0.276. The molecule has 0 radical (unpaired) electrons. The summed E-state index contributed by atoms with van der Waals surface area (Å²) in [5.41, 5.74) is 1.70. The fraction of sp³-hybridized carbons (Fsp3) is 0.211. The Balaban J connectivity index is 1.89. The summed E-state index contributed by atoms with van der Waals surface area (Å²) in [6, 6.07) is 15.6. The molecule has 2 aromatic rings. The van der Waals surface area contributed by atoms with Crippen molar-refractivity contribution < 1.29 is 19.1 Å². The minimum Gasteiger partial charge on any atom is -0.493 e. The van der Waals surface area contributed by atoms with Crippen molar-refractivity contribution in [3.05, 3.63) is 59.7 Å². The molecule has 0 aliphatic carbocycles. The summed E-state index contributed by atoms with van der Waals surface area (Å²) < 4.78 is 10.4. The standard InChI is InChI=1S/C19H18N2O4/c1-2-24-17-6-4-3-5-16(17)19(23)25-13-18(22)21-15-9-7-14(8-10-15)11-12-20/h3-10H,2,11,13H2,1H3,(H,21,22). The van der Waals surface area contributed by atoms with Gasteiger partial charge in [-0.05, 0) is 36.8 Å². The Labute approximate surface area is 146 Å². The van der Waals surface area contributed by atoms with Crippen LogP contribution in [0.3, 0.4) is 0 Å². The highest BCUT2D eigenvalue weighted by Crippen LogP contribution is 2.19. The number of rotatable bonds is 7. The monoisotopic (exact) mass is 338 g/mol. The lowest BCUT2D eigenvalue weighted by Gasteiger charge is -2.10. The Hall–Kier alpha value is -3.33. The summed E-state index contributed by atoms with van der Waals surface area (Å²) in [7, 11) is 0. The van der Waals surface area contributed by atoms with Crippen LogP contribution in [0, 0.1) is 11.3 Å². The highest BCUT2D eigenvalue weighted by molar-refractivity contribution is 5.96. The van der Waals surface area contributed by atoms with Gasteiger partial charge >= 0.3 is 5.97 Å². The Kier molecular flexibility index (Phi) is 6.55. The van der Waals surface area contributed by atoms with Crippen molar-refractivity contribution in [2.24, 2.45) is 0 Å². The molecule has 0 aliphatic rings. The molecule has 0 unspecified atom stereocenters. The molecule has 0 heterocycles. The fourth-order valence-corrected chi connectivity index (χ4v) is 2.12. The number of amides is 1. The second kappa shape index (κ2) is 9.08. The van der Waals surface area contributed by atoms with Crippen LogP contribution in [0.4, 0.5) is 5.69 Å². The molecule has 6 heteroatoms. The fourth-order valence-electron chi connectivity index (χ4n) is 2.12. The van der Waals surface area contributed by atoms with Crippen molar-refractivity contribution in [2.75, 3.05) is 18.5 Å². The summed E-state index contributed by atoms with van der Waals surface area (Å²) in [5, 5.41) is 11.3. The van der Waals surface area contributed by atoms with Crippen LogP contribution in [-0.2, 0) is 16.0 Å². The average Bonchev–Trinajstić information content (AvgIpc) is 2.62. The molecule has 0 aromatic heterocycles. The van der Waals surface area contributed by atoms with Gasteiger partial charge in [-0.25, -0.2) is 4.79 Å². The zero-order valence-corrected chi connectivity index (χ0v) is 13.8. The van der Waals surface area contributed by atoms with Crippen LogP contribution in [0.15, 0.2) is 48.5 Å². The summed E-state index contributed by atoms with van der Waals surface area (Å²) in [5.74, 6) is -0.651. The van der Waals surface area contributed by atoms with Crippen LogP contribution in [0.1, 0.15) is 22.8 Å². The number of carbonyl (C=O) groups excluding carboxylic acids is 2. The van der Waals surface area contributed by atoms with E-state index < -0.39 is 18.5 Å². The zero-order chi connectivity index (χ0) is 18.1. The van der Waals surface area contributed by atoms with Crippen molar-refractivity contribution >= 4 is 17.6 Å². The lowest BCUT2D eigenvalue weighted by molar-refractivity contribution is -0.119. The van der Waals surface area contributed by atoms with Gasteiger partial charge in [-0.1, -0.05) is 24.3 Å². The van der Waals surface area contributed by atoms with Crippen molar-refractivity contribution in [2.45, 2.75) is 13.3 Å². The van der Waals surface area contributed by atoms with Crippen LogP contribution in [0.2, 0.25) is 0 Å². The van der Waals surface area contributed by atoms with Gasteiger partial charge in [0.15, 0.2) is 6.61 Å². The Morgan fingerprint density at radius 1 is 1.12 bits per heavy atom. The average molecular weight is 338 g/mol. The molecule has 0 aliphatic heterocycles. The van der Waals surface area contributed by atoms with E-state index >= 15 is 0 Å². The number of anilines is 1. The van der Waals surface area contributed by atoms with Gasteiger partial charge in [0, 0.05) is 5.69 Å². The lowest BCUT2D eigenvalue weighted by Crippen LogP contribution is -2.21. The molecule has 1 N–H and O–H groups in total. The molecule has 0 atom stereocenters. The van der Waals surface area contributed by atoms with Gasteiger partial charge in [0.2, 0.25) is 0 Å². The second-order valence-electron chi connectivity index (χ2n) is 5.09. The van der Waals surface area contributed by atoms with Gasteiger partial charge < -0.3 is 14.8 Å². The Bertz CT molecular complexity index is 779. The molecule has 128 valence electrons. The van der Waals surface area contributed by atoms with Crippen LogP contribution in [-0.4, -0.2) is 25.1 Å². The molecule has 0 bridgehead atoms. The van der Waals surface area contributed by atoms with E-state index in [9.17, 15) is 9.59 Å². The van der Waals surface area contributed by atoms with E-state index in [0.29, 0.717) is 24.5 Å². The first-order chi connectivity index (χ1) is 12.1. The Morgan fingerprint density at radius 3 is 2.52 bits per heavy atom. The predicted octanol–water partition coefficient (Wildman–Crippen LogP) is 2.95. The quantitative estimate of drug-likeness (QED) is 0.784. The van der Waals surface area contributed by atoms with Crippen LogP contribution in [0.25, 0.3) is 0 Å². The van der Waals surface area contributed by atoms with Crippen molar-refractivity contribution in [3.63, 3.8) is 0 Å². The first kappa shape index (κ1) is 18.0. The van der Waals surface area contributed by atoms with Crippen LogP contribution >= 0.6 is 0 Å². The van der Waals surface area contributed by atoms with Gasteiger partial charge in [0.1, 0.15) is 11.3 Å². The second-order valence-corrected chi connectivity index (χ2v) is 5.09. The third-order valence-electron chi connectivity index (χ3n) is 3.26. The van der Waals surface area contributed by atoms with E-state index in [1.165, 1.54) is 0 Å². The summed E-state index contributed by atoms with van der Waals surface area (Å²) in [6.07, 6.45) is 0.311. The number of nitrogens with zero attached hydrogens (tertiary/aromatic N) is 1. The topological polar surface area (TPSA) is 88.4 Å². The van der Waals surface area contributed by atoms with Gasteiger partial charge in [0.25, 0.3) is 5.91 Å². The number of ether oxygens (including phenoxy) is 2. The highest BCUT2D eigenvalue weighted by Gasteiger charge is 2.15. The minimum atomic E-state index is -0.622. The van der Waals surface area contributed by atoms with Gasteiger partial charge in [-0.2, -0.15) is 5.26 Å². The summed E-state index contributed by atoms with van der Waals surface area (Å²) in [4.78, 5) is 24.0. The number of hydrogen-bond acceptors (Lipinski definition) is 5. The molecular formula is C19H18N2O4. The van der Waals surface area contributed by atoms with E-state index in [1.807, 2.05) is 6.92 Å². The maximum absolute atomic E-state index is 12.1. The molecule has 25 heavy (non-hydrogen) atoms. The molecule has 2 aromatic carbocycles. The lowest BCUT2D eigenvalue weighted by atomic mass is 10.1. The number of nitrogens with one attached hydrogen (secondary N) is 1.